The molecule has 30 heavy (non-hydrogen) atoms. The van der Waals surface area contributed by atoms with Crippen molar-refractivity contribution < 1.29 is 19.2 Å². The summed E-state index contributed by atoms with van der Waals surface area (Å²) in [6.45, 7) is 1.38. The summed E-state index contributed by atoms with van der Waals surface area (Å²) in [4.78, 5) is 36.3. The van der Waals surface area contributed by atoms with E-state index in [-0.39, 0.29) is 16.3 Å². The summed E-state index contributed by atoms with van der Waals surface area (Å²) in [5, 5.41) is 23.6. The molecule has 1 N–H and O–H groups in total. The molecule has 0 bridgehead atoms. The maximum atomic E-state index is 12.6. The van der Waals surface area contributed by atoms with E-state index in [1.54, 1.807) is 0 Å². The number of non-ortho nitro benzene ring substituents is 1. The molecule has 10 heteroatoms. The van der Waals surface area contributed by atoms with Crippen LogP contribution in [0, 0.1) is 21.4 Å². The summed E-state index contributed by atoms with van der Waals surface area (Å²) in [5.74, 6) is -1.55. The monoisotopic (exact) mass is 447 g/mol. The molecule has 1 atom stereocenters. The molecule has 0 spiro atoms. The van der Waals surface area contributed by atoms with Gasteiger partial charge in [0.15, 0.2) is 6.10 Å². The largest absolute Gasteiger partial charge is 0.449 e. The van der Waals surface area contributed by atoms with Crippen molar-refractivity contribution in [3.8, 4) is 6.07 Å². The van der Waals surface area contributed by atoms with Crippen LogP contribution in [-0.4, -0.2) is 22.9 Å². The van der Waals surface area contributed by atoms with Crippen molar-refractivity contribution in [3.63, 3.8) is 0 Å². The van der Waals surface area contributed by atoms with Gasteiger partial charge >= 0.3 is 5.97 Å². The van der Waals surface area contributed by atoms with Crippen molar-refractivity contribution in [2.24, 2.45) is 0 Å². The number of carbonyl (C=O) groups excluding carboxylic acids is 2. The van der Waals surface area contributed by atoms with E-state index in [2.05, 4.69) is 11.4 Å². The lowest BCUT2D eigenvalue weighted by Gasteiger charge is -2.13. The first-order valence-corrected chi connectivity index (χ1v) is 10.5. The number of ether oxygens (including phenoxy) is 1. The fraction of sp³-hybridized carbons (Fsp3) is 0.350. The third-order valence-electron chi connectivity index (χ3n) is 4.80. The molecule has 8 nitrogen and oxygen atoms in total. The third kappa shape index (κ3) is 4.61. The molecule has 0 radical (unpaired) electrons. The lowest BCUT2D eigenvalue weighted by atomic mass is 10.1. The van der Waals surface area contributed by atoms with Crippen LogP contribution in [0.25, 0.3) is 0 Å². The molecule has 0 aliphatic heterocycles. The van der Waals surface area contributed by atoms with Crippen LogP contribution in [0.3, 0.4) is 0 Å². The van der Waals surface area contributed by atoms with E-state index in [9.17, 15) is 25.0 Å². The molecule has 0 fully saturated rings. The third-order valence-corrected chi connectivity index (χ3v) is 6.34. The van der Waals surface area contributed by atoms with Gasteiger partial charge in [-0.05, 0) is 44.2 Å². The Balaban J connectivity index is 1.73. The maximum Gasteiger partial charge on any atom is 0.340 e. The molecule has 1 aromatic carbocycles. The summed E-state index contributed by atoms with van der Waals surface area (Å²) in [6.07, 6.45) is 3.65. The van der Waals surface area contributed by atoms with Gasteiger partial charge in [0.25, 0.3) is 11.6 Å². The van der Waals surface area contributed by atoms with Gasteiger partial charge in [0.1, 0.15) is 11.1 Å². The van der Waals surface area contributed by atoms with Gasteiger partial charge < -0.3 is 10.1 Å². The topological polar surface area (TPSA) is 122 Å². The van der Waals surface area contributed by atoms with Crippen LogP contribution in [0.1, 0.15) is 52.5 Å². The molecule has 0 saturated carbocycles. The van der Waals surface area contributed by atoms with Crippen LogP contribution >= 0.6 is 22.9 Å². The van der Waals surface area contributed by atoms with Gasteiger partial charge in [0.05, 0.1) is 21.1 Å². The molecule has 156 valence electrons. The number of hydrogen-bond acceptors (Lipinski definition) is 7. The van der Waals surface area contributed by atoms with Gasteiger partial charge in [0, 0.05) is 17.0 Å². The molecule has 2 aromatic rings. The minimum Gasteiger partial charge on any atom is -0.449 e. The molecule has 3 rings (SSSR count). The van der Waals surface area contributed by atoms with Gasteiger partial charge in [-0.15, -0.1) is 11.3 Å². The quantitative estimate of drug-likeness (QED) is 0.308. The van der Waals surface area contributed by atoms with E-state index in [0.29, 0.717) is 10.6 Å². The normalized spacial score (nSPS) is 14.0. The van der Waals surface area contributed by atoms with Crippen molar-refractivity contribution in [2.45, 2.75) is 45.1 Å². The van der Waals surface area contributed by atoms with E-state index < -0.39 is 22.9 Å². The van der Waals surface area contributed by atoms with Crippen molar-refractivity contribution in [1.29, 1.82) is 5.26 Å². The highest BCUT2D eigenvalue weighted by atomic mass is 35.5. The number of anilines is 1. The highest BCUT2D eigenvalue weighted by Crippen LogP contribution is 2.37. The van der Waals surface area contributed by atoms with Crippen LogP contribution in [0.4, 0.5) is 10.7 Å². The highest BCUT2D eigenvalue weighted by molar-refractivity contribution is 7.16. The zero-order chi connectivity index (χ0) is 21.8. The number of benzene rings is 1. The van der Waals surface area contributed by atoms with Crippen LogP contribution in [0.5, 0.6) is 0 Å². The van der Waals surface area contributed by atoms with Crippen LogP contribution in [-0.2, 0) is 22.4 Å². The Kier molecular flexibility index (Phi) is 6.70. The van der Waals surface area contributed by atoms with Crippen molar-refractivity contribution >= 4 is 45.5 Å². The highest BCUT2D eigenvalue weighted by Gasteiger charge is 2.26. The van der Waals surface area contributed by atoms with E-state index in [1.165, 1.54) is 30.4 Å². The number of aryl methyl sites for hydroxylation is 1. The number of rotatable bonds is 5. The zero-order valence-corrected chi connectivity index (χ0v) is 17.6. The van der Waals surface area contributed by atoms with E-state index >= 15 is 0 Å². The van der Waals surface area contributed by atoms with Crippen molar-refractivity contribution in [3.05, 3.63) is 54.9 Å². The number of hydrogen-bond donors (Lipinski definition) is 1. The molecule has 1 unspecified atom stereocenters. The second-order valence-electron chi connectivity index (χ2n) is 6.84. The summed E-state index contributed by atoms with van der Waals surface area (Å²) in [7, 11) is 0. The minimum atomic E-state index is -1.19. The van der Waals surface area contributed by atoms with E-state index in [4.69, 9.17) is 16.3 Å². The summed E-state index contributed by atoms with van der Waals surface area (Å²) in [5.41, 5.74) is 0.932. The molecule has 1 aromatic heterocycles. The molecule has 1 aliphatic rings. The van der Waals surface area contributed by atoms with E-state index in [0.717, 1.165) is 48.6 Å². The maximum absolute atomic E-state index is 12.6. The first kappa shape index (κ1) is 21.7. The zero-order valence-electron chi connectivity index (χ0n) is 16.1. The number of halogens is 1. The Morgan fingerprint density at radius 1 is 1.33 bits per heavy atom. The predicted octanol–water partition coefficient (Wildman–Crippen LogP) is 4.63. The van der Waals surface area contributed by atoms with Crippen LogP contribution < -0.4 is 5.32 Å². The Morgan fingerprint density at radius 3 is 2.77 bits per heavy atom. The summed E-state index contributed by atoms with van der Waals surface area (Å²) < 4.78 is 5.15. The average Bonchev–Trinajstić information content (AvgIpc) is 2.86. The number of carbonyl (C=O) groups is 2. The Morgan fingerprint density at radius 2 is 2.07 bits per heavy atom. The van der Waals surface area contributed by atoms with Gasteiger partial charge in [-0.2, -0.15) is 5.26 Å². The molecule has 0 saturated heterocycles. The number of fused-ring (bicyclic) bond motifs is 1. The lowest BCUT2D eigenvalue weighted by molar-refractivity contribution is -0.384. The second kappa shape index (κ2) is 9.24. The number of nitrogens with one attached hydrogen (secondary N) is 1. The lowest BCUT2D eigenvalue weighted by Crippen LogP contribution is -2.30. The average molecular weight is 448 g/mol. The second-order valence-corrected chi connectivity index (χ2v) is 8.35. The minimum absolute atomic E-state index is 0.0213. The molecular formula is C20H18ClN3O5S. The smallest absolute Gasteiger partial charge is 0.340 e. The first-order chi connectivity index (χ1) is 14.3. The predicted molar refractivity (Wildman–Crippen MR) is 112 cm³/mol. The van der Waals surface area contributed by atoms with Crippen molar-refractivity contribution in [2.75, 3.05) is 5.32 Å². The standard InChI is InChI=1S/C20H18ClN3O5S/c1-11(29-20(26)14-9-12(24(27)28)7-8-16(14)21)18(25)23-19-15(10-22)13-5-3-2-4-6-17(13)30-19/h7-9,11H,2-6H2,1H3,(H,23,25). The summed E-state index contributed by atoms with van der Waals surface area (Å²) >= 11 is 7.32. The Labute approximate surface area is 181 Å². The van der Waals surface area contributed by atoms with Gasteiger partial charge in [-0.1, -0.05) is 18.0 Å². The van der Waals surface area contributed by atoms with Crippen molar-refractivity contribution in [1.82, 2.24) is 0 Å². The fourth-order valence-electron chi connectivity index (χ4n) is 3.22. The number of esters is 1. The van der Waals surface area contributed by atoms with Gasteiger partial charge in [0.2, 0.25) is 0 Å². The SMILES string of the molecule is CC(OC(=O)c1cc([N+](=O)[O-])ccc1Cl)C(=O)Nc1sc2c(c1C#N)CCCCC2. The number of nitrogens with zero attached hydrogens (tertiary/aromatic N) is 2. The van der Waals surface area contributed by atoms with Gasteiger partial charge in [-0.25, -0.2) is 4.79 Å². The Hall–Kier alpha value is -2.96. The molecule has 1 heterocycles. The molecule has 1 amide bonds. The number of thiophene rings is 1. The fourth-order valence-corrected chi connectivity index (χ4v) is 4.66. The molecular weight excluding hydrogens is 430 g/mol. The number of nitriles is 1. The Bertz CT molecular complexity index is 1060. The van der Waals surface area contributed by atoms with Crippen LogP contribution in [0.15, 0.2) is 18.2 Å². The first-order valence-electron chi connectivity index (χ1n) is 9.32. The number of nitro benzene ring substituents is 1. The van der Waals surface area contributed by atoms with Gasteiger partial charge in [-0.3, -0.25) is 14.9 Å². The van der Waals surface area contributed by atoms with Crippen LogP contribution in [0.2, 0.25) is 5.02 Å². The number of nitro groups is 1. The number of amides is 1. The summed E-state index contributed by atoms with van der Waals surface area (Å²) in [6, 6.07) is 5.56. The molecule has 1 aliphatic carbocycles. The van der Waals surface area contributed by atoms with E-state index in [1.807, 2.05) is 0 Å².